The van der Waals surface area contributed by atoms with Crippen LogP contribution in [0.15, 0.2) is 30.3 Å². The highest BCUT2D eigenvalue weighted by atomic mass is 16.2. The number of piperidine rings is 1. The number of nitrogens with zero attached hydrogens (tertiary/aromatic N) is 2. The molecule has 7 nitrogen and oxygen atoms in total. The van der Waals surface area contributed by atoms with E-state index in [1.807, 2.05) is 30.3 Å². The lowest BCUT2D eigenvalue weighted by molar-refractivity contribution is -0.135. The van der Waals surface area contributed by atoms with Crippen molar-refractivity contribution in [3.8, 4) is 0 Å². The molecule has 3 rings (SSSR count). The molecule has 3 amide bonds. The van der Waals surface area contributed by atoms with Gasteiger partial charge in [0.15, 0.2) is 0 Å². The van der Waals surface area contributed by atoms with E-state index in [1.165, 1.54) is 0 Å². The first-order valence-corrected chi connectivity index (χ1v) is 9.63. The van der Waals surface area contributed by atoms with Crippen molar-refractivity contribution in [2.45, 2.75) is 31.7 Å². The third-order valence-corrected chi connectivity index (χ3v) is 5.02. The van der Waals surface area contributed by atoms with Gasteiger partial charge in [0.2, 0.25) is 17.7 Å². The van der Waals surface area contributed by atoms with Gasteiger partial charge in [-0.15, -0.1) is 0 Å². The van der Waals surface area contributed by atoms with Crippen molar-refractivity contribution >= 4 is 23.4 Å². The molecule has 0 spiro atoms. The number of likely N-dealkylation sites (N-methyl/N-ethyl adjacent to an activating group) is 1. The van der Waals surface area contributed by atoms with Crippen LogP contribution in [0.3, 0.4) is 0 Å². The van der Waals surface area contributed by atoms with Crippen molar-refractivity contribution in [2.24, 2.45) is 5.92 Å². The number of rotatable bonds is 7. The molecule has 2 aliphatic rings. The van der Waals surface area contributed by atoms with Gasteiger partial charge in [-0.2, -0.15) is 0 Å². The van der Waals surface area contributed by atoms with Crippen LogP contribution in [0.1, 0.15) is 25.7 Å². The summed E-state index contributed by atoms with van der Waals surface area (Å²) >= 11 is 0. The number of likely N-dealkylation sites (tertiary alicyclic amines) is 1. The molecule has 0 atom stereocenters. The molecule has 7 heteroatoms. The molecule has 1 aromatic rings. The minimum atomic E-state index is -0.0729. The lowest BCUT2D eigenvalue weighted by Crippen LogP contribution is -2.46. The number of amides is 3. The third-order valence-electron chi connectivity index (χ3n) is 5.02. The van der Waals surface area contributed by atoms with Gasteiger partial charge >= 0.3 is 0 Å². The highest BCUT2D eigenvalue weighted by molar-refractivity contribution is 5.92. The van der Waals surface area contributed by atoms with E-state index in [0.29, 0.717) is 32.0 Å². The molecule has 1 saturated carbocycles. The molecule has 0 radical (unpaired) electrons. The van der Waals surface area contributed by atoms with Crippen LogP contribution in [-0.4, -0.2) is 66.8 Å². The van der Waals surface area contributed by atoms with Crippen LogP contribution < -0.4 is 10.6 Å². The number of anilines is 1. The number of nitrogens with one attached hydrogen (secondary N) is 2. The summed E-state index contributed by atoms with van der Waals surface area (Å²) in [7, 11) is 1.78. The second-order valence-electron chi connectivity index (χ2n) is 7.52. The second-order valence-corrected chi connectivity index (χ2v) is 7.52. The Hall–Kier alpha value is -2.41. The van der Waals surface area contributed by atoms with E-state index in [4.69, 9.17) is 0 Å². The number of hydrogen-bond acceptors (Lipinski definition) is 4. The summed E-state index contributed by atoms with van der Waals surface area (Å²) in [4.78, 5) is 40.2. The number of para-hydroxylation sites is 1. The van der Waals surface area contributed by atoms with E-state index in [1.54, 1.807) is 16.8 Å². The standard InChI is InChI=1S/C20H28N4O3/c1-23(13-18(25)21-17-7-8-17)14-19(26)24-11-9-15(10-12-24)20(27)22-16-5-3-2-4-6-16/h2-6,15,17H,7-14H2,1H3,(H,21,25)(H,22,27). The second kappa shape index (κ2) is 8.99. The molecular formula is C20H28N4O3. The van der Waals surface area contributed by atoms with Gasteiger partial charge in [0, 0.05) is 30.7 Å². The molecule has 27 heavy (non-hydrogen) atoms. The molecule has 1 aliphatic heterocycles. The Balaban J connectivity index is 1.38. The van der Waals surface area contributed by atoms with E-state index < -0.39 is 0 Å². The van der Waals surface area contributed by atoms with Gasteiger partial charge in [-0.3, -0.25) is 19.3 Å². The first kappa shape index (κ1) is 19.4. The Labute approximate surface area is 160 Å². The van der Waals surface area contributed by atoms with Gasteiger partial charge in [0.1, 0.15) is 0 Å². The van der Waals surface area contributed by atoms with Gasteiger partial charge in [-0.05, 0) is 44.9 Å². The van der Waals surface area contributed by atoms with E-state index in [-0.39, 0.29) is 36.7 Å². The summed E-state index contributed by atoms with van der Waals surface area (Å²) < 4.78 is 0. The van der Waals surface area contributed by atoms with E-state index in [0.717, 1.165) is 18.5 Å². The normalized spacial score (nSPS) is 17.6. The van der Waals surface area contributed by atoms with Crippen LogP contribution in [0, 0.1) is 5.92 Å². The first-order valence-electron chi connectivity index (χ1n) is 9.63. The fourth-order valence-corrected chi connectivity index (χ4v) is 3.29. The van der Waals surface area contributed by atoms with Crippen LogP contribution >= 0.6 is 0 Å². The SMILES string of the molecule is CN(CC(=O)NC1CC1)CC(=O)N1CCC(C(=O)Nc2ccccc2)CC1. The Morgan fingerprint density at radius 1 is 1.04 bits per heavy atom. The maximum atomic E-state index is 12.4. The summed E-state index contributed by atoms with van der Waals surface area (Å²) in [5.74, 6) is -0.0683. The van der Waals surface area contributed by atoms with Crippen molar-refractivity contribution in [3.05, 3.63) is 30.3 Å². The van der Waals surface area contributed by atoms with Gasteiger partial charge in [-0.1, -0.05) is 18.2 Å². The fourth-order valence-electron chi connectivity index (χ4n) is 3.29. The molecule has 1 saturated heterocycles. The zero-order valence-electron chi connectivity index (χ0n) is 15.8. The first-order chi connectivity index (χ1) is 13.0. The Bertz CT molecular complexity index is 667. The van der Waals surface area contributed by atoms with Gasteiger partial charge in [0.05, 0.1) is 13.1 Å². The van der Waals surface area contributed by atoms with Crippen molar-refractivity contribution in [1.82, 2.24) is 15.1 Å². The monoisotopic (exact) mass is 372 g/mol. The molecule has 1 aliphatic carbocycles. The zero-order valence-corrected chi connectivity index (χ0v) is 15.8. The molecule has 2 N–H and O–H groups in total. The minimum absolute atomic E-state index is 0.0126. The Morgan fingerprint density at radius 3 is 2.33 bits per heavy atom. The van der Waals surface area contributed by atoms with Crippen molar-refractivity contribution in [3.63, 3.8) is 0 Å². The van der Waals surface area contributed by atoms with Crippen molar-refractivity contribution in [2.75, 3.05) is 38.5 Å². The van der Waals surface area contributed by atoms with Gasteiger partial charge in [-0.25, -0.2) is 0 Å². The molecular weight excluding hydrogens is 344 g/mol. The third kappa shape index (κ3) is 6.06. The molecule has 2 fully saturated rings. The maximum Gasteiger partial charge on any atom is 0.236 e. The van der Waals surface area contributed by atoms with Crippen LogP contribution in [0.5, 0.6) is 0 Å². The van der Waals surface area contributed by atoms with Crippen LogP contribution in [0.25, 0.3) is 0 Å². The zero-order chi connectivity index (χ0) is 19.2. The molecule has 146 valence electrons. The molecule has 0 bridgehead atoms. The quantitative estimate of drug-likeness (QED) is 0.750. The Kier molecular flexibility index (Phi) is 6.45. The highest BCUT2D eigenvalue weighted by Gasteiger charge is 2.28. The van der Waals surface area contributed by atoms with Crippen molar-refractivity contribution < 1.29 is 14.4 Å². The van der Waals surface area contributed by atoms with Crippen molar-refractivity contribution in [1.29, 1.82) is 0 Å². The lowest BCUT2D eigenvalue weighted by atomic mass is 9.95. The summed E-state index contributed by atoms with van der Waals surface area (Å²) in [6, 6.07) is 9.75. The molecule has 1 heterocycles. The lowest BCUT2D eigenvalue weighted by Gasteiger charge is -2.32. The number of benzene rings is 1. The molecule has 1 aromatic carbocycles. The highest BCUT2D eigenvalue weighted by Crippen LogP contribution is 2.20. The van der Waals surface area contributed by atoms with E-state index in [2.05, 4.69) is 10.6 Å². The van der Waals surface area contributed by atoms with E-state index >= 15 is 0 Å². The van der Waals surface area contributed by atoms with E-state index in [9.17, 15) is 14.4 Å². The van der Waals surface area contributed by atoms with Crippen LogP contribution in [-0.2, 0) is 14.4 Å². The summed E-state index contributed by atoms with van der Waals surface area (Å²) in [6.45, 7) is 1.61. The van der Waals surface area contributed by atoms with Gasteiger partial charge < -0.3 is 15.5 Å². The van der Waals surface area contributed by atoms with Crippen LogP contribution in [0.2, 0.25) is 0 Å². The fraction of sp³-hybridized carbons (Fsp3) is 0.550. The average molecular weight is 372 g/mol. The number of hydrogen-bond donors (Lipinski definition) is 2. The topological polar surface area (TPSA) is 81.8 Å². The smallest absolute Gasteiger partial charge is 0.236 e. The summed E-state index contributed by atoms with van der Waals surface area (Å²) in [5, 5.41) is 5.86. The van der Waals surface area contributed by atoms with Crippen LogP contribution in [0.4, 0.5) is 5.69 Å². The van der Waals surface area contributed by atoms with Gasteiger partial charge in [0.25, 0.3) is 0 Å². The number of carbonyl (C=O) groups excluding carboxylic acids is 3. The predicted octanol–water partition coefficient (Wildman–Crippen LogP) is 1.07. The summed E-state index contributed by atoms with van der Waals surface area (Å²) in [6.07, 6.45) is 3.44. The predicted molar refractivity (Wildman–Crippen MR) is 103 cm³/mol. The summed E-state index contributed by atoms with van der Waals surface area (Å²) in [5.41, 5.74) is 0.798. The minimum Gasteiger partial charge on any atom is -0.352 e. The molecule has 0 unspecified atom stereocenters. The average Bonchev–Trinajstić information content (AvgIpc) is 3.46. The maximum absolute atomic E-state index is 12.4. The largest absolute Gasteiger partial charge is 0.352 e. The Morgan fingerprint density at radius 2 is 1.70 bits per heavy atom. The number of carbonyl (C=O) groups is 3. The molecule has 0 aromatic heterocycles.